The number of ketones is 1. The molecule has 1 amide bonds. The summed E-state index contributed by atoms with van der Waals surface area (Å²) in [6, 6.07) is 20.7. The van der Waals surface area contributed by atoms with E-state index >= 15 is 0 Å². The first-order chi connectivity index (χ1) is 16.3. The third-order valence-corrected chi connectivity index (χ3v) is 6.75. The first-order valence-electron chi connectivity index (χ1n) is 11.0. The van der Waals surface area contributed by atoms with Crippen LogP contribution in [-0.4, -0.2) is 29.9 Å². The van der Waals surface area contributed by atoms with Gasteiger partial charge in [-0.1, -0.05) is 57.9 Å². The number of rotatable bonds is 6. The average Bonchev–Trinajstić information content (AvgIpc) is 3.11. The van der Waals surface area contributed by atoms with Gasteiger partial charge >= 0.3 is 0 Å². The fraction of sp³-hybridized carbons (Fsp3) is 0.185. The smallest absolute Gasteiger partial charge is 0.300 e. The maximum absolute atomic E-state index is 13.2. The molecule has 0 bridgehead atoms. The normalized spacial score (nSPS) is 17.3. The largest absolute Gasteiger partial charge is 0.507 e. The minimum Gasteiger partial charge on any atom is -0.507 e. The van der Waals surface area contributed by atoms with Crippen molar-refractivity contribution in [2.24, 2.45) is 0 Å². The Kier molecular flexibility index (Phi) is 7.10. The molecule has 1 heterocycles. The van der Waals surface area contributed by atoms with Crippen molar-refractivity contribution in [2.45, 2.75) is 19.9 Å². The van der Waals surface area contributed by atoms with E-state index in [2.05, 4.69) is 34.7 Å². The Balaban J connectivity index is 1.90. The summed E-state index contributed by atoms with van der Waals surface area (Å²) in [5, 5.41) is 11.6. The number of aliphatic hydroxyl groups excluding tert-OH is 1. The van der Waals surface area contributed by atoms with Crippen LogP contribution in [0.4, 0.5) is 11.4 Å². The standard InChI is InChI=1S/C27H24BrClN2O3/c1-3-30(4-2)21-14-10-17(11-15-21)24-23(25(32)18-8-12-19(28)13-9-18)26(33)27(34)31(24)22-7-5-6-20(29)16-22/h5-16,24,32H,3-4H2,1-2H3/b25-23+. The molecule has 1 unspecified atom stereocenters. The first-order valence-corrected chi connectivity index (χ1v) is 12.2. The van der Waals surface area contributed by atoms with Crippen LogP contribution in [0.15, 0.2) is 82.8 Å². The fourth-order valence-corrected chi connectivity index (χ4v) is 4.71. The van der Waals surface area contributed by atoms with Crippen LogP contribution < -0.4 is 9.80 Å². The molecule has 1 aliphatic rings. The fourth-order valence-electron chi connectivity index (χ4n) is 4.26. The number of carbonyl (C=O) groups is 2. The van der Waals surface area contributed by atoms with Gasteiger partial charge in [0.25, 0.3) is 11.7 Å². The molecule has 34 heavy (non-hydrogen) atoms. The SMILES string of the molecule is CCN(CC)c1ccc(C2/C(=C(\O)c3ccc(Br)cc3)C(=O)C(=O)N2c2cccc(Cl)c2)cc1. The van der Waals surface area contributed by atoms with E-state index in [1.165, 1.54) is 4.90 Å². The Hall–Kier alpha value is -3.09. The molecule has 1 aliphatic heterocycles. The summed E-state index contributed by atoms with van der Waals surface area (Å²) in [4.78, 5) is 30.1. The highest BCUT2D eigenvalue weighted by molar-refractivity contribution is 9.10. The van der Waals surface area contributed by atoms with Crippen LogP contribution in [0.25, 0.3) is 5.76 Å². The molecule has 3 aromatic carbocycles. The summed E-state index contributed by atoms with van der Waals surface area (Å²) in [6.07, 6.45) is 0. The van der Waals surface area contributed by atoms with Crippen molar-refractivity contribution in [3.8, 4) is 0 Å². The van der Waals surface area contributed by atoms with Crippen LogP contribution in [0.2, 0.25) is 5.02 Å². The van der Waals surface area contributed by atoms with Crippen molar-refractivity contribution in [2.75, 3.05) is 22.9 Å². The minimum absolute atomic E-state index is 0.0443. The summed E-state index contributed by atoms with van der Waals surface area (Å²) >= 11 is 9.59. The number of amides is 1. The number of halogens is 2. The minimum atomic E-state index is -0.798. The van der Waals surface area contributed by atoms with Crippen LogP contribution in [0.5, 0.6) is 0 Å². The van der Waals surface area contributed by atoms with E-state index in [-0.39, 0.29) is 11.3 Å². The molecule has 4 rings (SSSR count). The number of hydrogen-bond acceptors (Lipinski definition) is 4. The zero-order valence-corrected chi connectivity index (χ0v) is 21.2. The zero-order chi connectivity index (χ0) is 24.4. The molecule has 174 valence electrons. The second-order valence-electron chi connectivity index (χ2n) is 7.92. The highest BCUT2D eigenvalue weighted by Gasteiger charge is 2.47. The average molecular weight is 540 g/mol. The molecule has 1 saturated heterocycles. The molecular formula is C27H24BrClN2O3. The topological polar surface area (TPSA) is 60.9 Å². The van der Waals surface area contributed by atoms with Gasteiger partial charge in [0.1, 0.15) is 5.76 Å². The highest BCUT2D eigenvalue weighted by atomic mass is 79.9. The lowest BCUT2D eigenvalue weighted by Gasteiger charge is -2.27. The van der Waals surface area contributed by atoms with Gasteiger partial charge in [0.15, 0.2) is 0 Å². The lowest BCUT2D eigenvalue weighted by atomic mass is 9.95. The predicted molar refractivity (Wildman–Crippen MR) is 140 cm³/mol. The number of aliphatic hydroxyl groups is 1. The van der Waals surface area contributed by atoms with E-state index < -0.39 is 17.7 Å². The Labute approximate surface area is 212 Å². The molecule has 0 radical (unpaired) electrons. The molecule has 0 spiro atoms. The summed E-state index contributed by atoms with van der Waals surface area (Å²) < 4.78 is 0.840. The predicted octanol–water partition coefficient (Wildman–Crippen LogP) is 6.58. The van der Waals surface area contributed by atoms with Gasteiger partial charge in [0.05, 0.1) is 11.6 Å². The molecule has 0 saturated carbocycles. The van der Waals surface area contributed by atoms with E-state index in [0.29, 0.717) is 21.8 Å². The van der Waals surface area contributed by atoms with Crippen molar-refractivity contribution in [1.29, 1.82) is 0 Å². The Bertz CT molecular complexity index is 1250. The number of hydrogen-bond donors (Lipinski definition) is 1. The molecule has 1 N–H and O–H groups in total. The maximum Gasteiger partial charge on any atom is 0.300 e. The van der Waals surface area contributed by atoms with Gasteiger partial charge in [-0.15, -0.1) is 0 Å². The zero-order valence-electron chi connectivity index (χ0n) is 18.8. The Morgan fingerprint density at radius 1 is 1.00 bits per heavy atom. The lowest BCUT2D eigenvalue weighted by Crippen LogP contribution is -2.29. The van der Waals surface area contributed by atoms with Gasteiger partial charge in [-0.05, 0) is 61.9 Å². The highest BCUT2D eigenvalue weighted by Crippen LogP contribution is 2.43. The van der Waals surface area contributed by atoms with Gasteiger partial charge in [0.2, 0.25) is 0 Å². The van der Waals surface area contributed by atoms with Gasteiger partial charge in [-0.25, -0.2) is 0 Å². The van der Waals surface area contributed by atoms with Crippen molar-refractivity contribution >= 4 is 56.4 Å². The molecule has 0 aliphatic carbocycles. The number of benzene rings is 3. The summed E-state index contributed by atoms with van der Waals surface area (Å²) in [5.74, 6) is -1.66. The van der Waals surface area contributed by atoms with Crippen LogP contribution in [-0.2, 0) is 9.59 Å². The van der Waals surface area contributed by atoms with Crippen molar-refractivity contribution in [3.63, 3.8) is 0 Å². The van der Waals surface area contributed by atoms with E-state index in [0.717, 1.165) is 23.2 Å². The van der Waals surface area contributed by atoms with Crippen molar-refractivity contribution in [1.82, 2.24) is 0 Å². The lowest BCUT2D eigenvalue weighted by molar-refractivity contribution is -0.132. The molecule has 7 heteroatoms. The van der Waals surface area contributed by atoms with E-state index in [1.807, 2.05) is 24.3 Å². The van der Waals surface area contributed by atoms with Crippen molar-refractivity contribution in [3.05, 3.63) is 99.0 Å². The van der Waals surface area contributed by atoms with E-state index in [4.69, 9.17) is 11.6 Å². The molecule has 3 aromatic rings. The molecule has 5 nitrogen and oxygen atoms in total. The second-order valence-corrected chi connectivity index (χ2v) is 9.27. The number of carbonyl (C=O) groups excluding carboxylic acids is 2. The molecule has 1 atom stereocenters. The summed E-state index contributed by atoms with van der Waals surface area (Å²) in [7, 11) is 0. The maximum atomic E-state index is 13.2. The van der Waals surface area contributed by atoms with Gasteiger partial charge in [-0.2, -0.15) is 0 Å². The van der Waals surface area contributed by atoms with E-state index in [9.17, 15) is 14.7 Å². The van der Waals surface area contributed by atoms with E-state index in [1.54, 1.807) is 48.5 Å². The van der Waals surface area contributed by atoms with Crippen LogP contribution in [0, 0.1) is 0 Å². The Morgan fingerprint density at radius 2 is 1.65 bits per heavy atom. The van der Waals surface area contributed by atoms with Crippen LogP contribution in [0.1, 0.15) is 31.0 Å². The second kappa shape index (κ2) is 10.0. The van der Waals surface area contributed by atoms with Gasteiger partial charge < -0.3 is 10.0 Å². The monoisotopic (exact) mass is 538 g/mol. The van der Waals surface area contributed by atoms with Crippen LogP contribution >= 0.6 is 27.5 Å². The van der Waals surface area contributed by atoms with Crippen LogP contribution in [0.3, 0.4) is 0 Å². The van der Waals surface area contributed by atoms with Gasteiger partial charge in [-0.3, -0.25) is 14.5 Å². The quantitative estimate of drug-likeness (QED) is 0.218. The number of anilines is 2. The molecule has 0 aromatic heterocycles. The summed E-state index contributed by atoms with van der Waals surface area (Å²) in [6.45, 7) is 5.90. The third-order valence-electron chi connectivity index (χ3n) is 5.99. The third kappa shape index (κ3) is 4.48. The summed E-state index contributed by atoms with van der Waals surface area (Å²) in [5.41, 5.74) is 2.75. The number of nitrogens with zero attached hydrogens (tertiary/aromatic N) is 2. The molecular weight excluding hydrogens is 516 g/mol. The Morgan fingerprint density at radius 3 is 2.24 bits per heavy atom. The van der Waals surface area contributed by atoms with Crippen molar-refractivity contribution < 1.29 is 14.7 Å². The first kappa shape index (κ1) is 24.0. The molecule has 1 fully saturated rings. The van der Waals surface area contributed by atoms with Gasteiger partial charge in [0, 0.05) is 39.5 Å². The number of Topliss-reactive ketones (excluding diaryl/α,β-unsaturated/α-hetero) is 1.